The summed E-state index contributed by atoms with van der Waals surface area (Å²) in [4.78, 5) is 0. The largest absolute Gasteiger partial charge is 0.529 e. The highest BCUT2D eigenvalue weighted by Gasteiger charge is 2.36. The Kier molecular flexibility index (Phi) is 18.0. The third-order valence-corrected chi connectivity index (χ3v) is 9.90. The van der Waals surface area contributed by atoms with Crippen LogP contribution in [0.3, 0.4) is 0 Å². The quantitative estimate of drug-likeness (QED) is 0.0841. The molecule has 13 heteroatoms. The zero-order chi connectivity index (χ0) is 25.7. The Morgan fingerprint density at radius 1 is 0.636 bits per heavy atom. The van der Waals surface area contributed by atoms with Crippen molar-refractivity contribution >= 4 is 61.8 Å². The highest BCUT2D eigenvalue weighted by atomic mass is 35.5. The van der Waals surface area contributed by atoms with E-state index in [1.165, 1.54) is 13.8 Å². The van der Waals surface area contributed by atoms with Crippen LogP contribution in [0.4, 0.5) is 0 Å². The fourth-order valence-electron chi connectivity index (χ4n) is 1.92. The molecule has 4 unspecified atom stereocenters. The van der Waals surface area contributed by atoms with Gasteiger partial charge in [-0.25, -0.2) is 4.57 Å². The molecule has 0 bridgehead atoms. The second-order valence-electron chi connectivity index (χ2n) is 7.38. The van der Waals surface area contributed by atoms with E-state index in [9.17, 15) is 9.13 Å². The molecule has 0 aromatic rings. The standard InChI is InChI=1S/C20H38Cl4O7P2/c1-7-17(21)11-27-32(25,28-12-18(22)8-2)16(6)15(5)31-33(26,29-13-19(23)9-3)30-14-20(24)10-4/h17-20H,7-14H2,1-6H3. The molecule has 0 radical (unpaired) electrons. The lowest BCUT2D eigenvalue weighted by Gasteiger charge is -2.25. The van der Waals surface area contributed by atoms with Gasteiger partial charge < -0.3 is 13.6 Å². The van der Waals surface area contributed by atoms with E-state index >= 15 is 0 Å². The molecule has 0 N–H and O–H groups in total. The van der Waals surface area contributed by atoms with Crippen LogP contribution in [0.1, 0.15) is 67.2 Å². The van der Waals surface area contributed by atoms with E-state index in [0.717, 1.165) is 0 Å². The minimum atomic E-state index is -4.13. The number of phosphoric ester groups is 1. The van der Waals surface area contributed by atoms with E-state index in [1.54, 1.807) is 0 Å². The van der Waals surface area contributed by atoms with Gasteiger partial charge in [-0.2, -0.15) is 0 Å². The van der Waals surface area contributed by atoms with Crippen molar-refractivity contribution in [2.75, 3.05) is 26.4 Å². The number of hydrogen-bond donors (Lipinski definition) is 0. The van der Waals surface area contributed by atoms with Gasteiger partial charge in [0, 0.05) is 0 Å². The molecule has 0 spiro atoms. The van der Waals surface area contributed by atoms with E-state index < -0.39 is 26.2 Å². The van der Waals surface area contributed by atoms with Gasteiger partial charge in [0.1, 0.15) is 5.76 Å². The van der Waals surface area contributed by atoms with Crippen molar-refractivity contribution < 1.29 is 31.7 Å². The Bertz CT molecular complexity index is 645. The van der Waals surface area contributed by atoms with Gasteiger partial charge in [0.25, 0.3) is 0 Å². The van der Waals surface area contributed by atoms with E-state index in [-0.39, 0.29) is 48.3 Å². The molecule has 198 valence electrons. The molecule has 0 rings (SSSR count). The highest BCUT2D eigenvalue weighted by Crippen LogP contribution is 2.60. The highest BCUT2D eigenvalue weighted by molar-refractivity contribution is 7.58. The number of halogens is 4. The first-order valence-corrected chi connectivity index (χ1v) is 15.8. The topological polar surface area (TPSA) is 80.3 Å². The van der Waals surface area contributed by atoms with Gasteiger partial charge in [-0.15, -0.1) is 46.4 Å². The van der Waals surface area contributed by atoms with E-state index in [2.05, 4.69) is 0 Å². The number of phosphoric acid groups is 1. The lowest BCUT2D eigenvalue weighted by atomic mass is 10.4. The number of alkyl halides is 4. The van der Waals surface area contributed by atoms with Crippen LogP contribution >= 0.6 is 61.8 Å². The lowest BCUT2D eigenvalue weighted by Crippen LogP contribution is -2.14. The fraction of sp³-hybridized carbons (Fsp3) is 0.900. The van der Waals surface area contributed by atoms with Crippen LogP contribution in [0.2, 0.25) is 0 Å². The SMILES string of the molecule is CCC(Cl)COP(=O)(OCC(Cl)CC)OC(C)=C(C)P(=O)(OCC(Cl)CC)OCC(Cl)CC. The van der Waals surface area contributed by atoms with Crippen molar-refractivity contribution in [1.82, 2.24) is 0 Å². The summed E-state index contributed by atoms with van der Waals surface area (Å²) < 4.78 is 54.5. The molecular weight excluding hydrogens is 556 g/mol. The summed E-state index contributed by atoms with van der Waals surface area (Å²) in [5, 5.41) is -1.41. The van der Waals surface area contributed by atoms with E-state index in [0.29, 0.717) is 25.7 Å². The maximum absolute atomic E-state index is 13.6. The van der Waals surface area contributed by atoms with Crippen LogP contribution < -0.4 is 0 Å². The van der Waals surface area contributed by atoms with Crippen molar-refractivity contribution in [3.05, 3.63) is 11.1 Å². The van der Waals surface area contributed by atoms with Gasteiger partial charge in [0.15, 0.2) is 0 Å². The number of allylic oxidation sites excluding steroid dienone is 2. The Labute approximate surface area is 219 Å². The molecule has 0 aliphatic carbocycles. The average Bonchev–Trinajstić information content (AvgIpc) is 2.81. The van der Waals surface area contributed by atoms with Crippen LogP contribution in [0.25, 0.3) is 0 Å². The van der Waals surface area contributed by atoms with Gasteiger partial charge in [-0.3, -0.25) is 13.6 Å². The summed E-state index contributed by atoms with van der Waals surface area (Å²) >= 11 is 24.5. The summed E-state index contributed by atoms with van der Waals surface area (Å²) in [5.41, 5.74) is 0. The van der Waals surface area contributed by atoms with Crippen LogP contribution in [0.5, 0.6) is 0 Å². The van der Waals surface area contributed by atoms with Gasteiger partial charge >= 0.3 is 15.4 Å². The molecule has 0 aliphatic heterocycles. The third kappa shape index (κ3) is 13.8. The van der Waals surface area contributed by atoms with Crippen LogP contribution in [-0.4, -0.2) is 47.9 Å². The van der Waals surface area contributed by atoms with Gasteiger partial charge in [0.2, 0.25) is 0 Å². The Balaban J connectivity index is 5.82. The molecule has 0 heterocycles. The molecule has 33 heavy (non-hydrogen) atoms. The van der Waals surface area contributed by atoms with Gasteiger partial charge in [0.05, 0.1) is 53.3 Å². The molecular formula is C20H38Cl4O7P2. The minimum absolute atomic E-state index is 0.0113. The van der Waals surface area contributed by atoms with Crippen molar-refractivity contribution in [2.45, 2.75) is 88.7 Å². The maximum atomic E-state index is 13.6. The van der Waals surface area contributed by atoms with Crippen molar-refractivity contribution in [2.24, 2.45) is 0 Å². The molecule has 0 aromatic heterocycles. The first-order chi connectivity index (χ1) is 15.4. The van der Waals surface area contributed by atoms with E-state index in [1.807, 2.05) is 27.7 Å². The van der Waals surface area contributed by atoms with Crippen molar-refractivity contribution in [1.29, 1.82) is 0 Å². The van der Waals surface area contributed by atoms with E-state index in [4.69, 9.17) is 69.0 Å². The minimum Gasteiger partial charge on any atom is -0.408 e. The predicted octanol–water partition coefficient (Wildman–Crippen LogP) is 8.69. The fourth-order valence-corrected chi connectivity index (χ4v) is 5.62. The number of hydrogen-bond acceptors (Lipinski definition) is 7. The first kappa shape index (κ1) is 34.0. The maximum Gasteiger partial charge on any atom is 0.529 e. The summed E-state index contributed by atoms with van der Waals surface area (Å²) in [6.07, 6.45) is 2.40. The monoisotopic (exact) mass is 592 g/mol. The molecule has 0 aliphatic rings. The summed E-state index contributed by atoms with van der Waals surface area (Å²) in [6, 6.07) is 0. The lowest BCUT2D eigenvalue weighted by molar-refractivity contribution is 0.133. The molecule has 0 amide bonds. The number of rotatable bonds is 19. The second kappa shape index (κ2) is 17.5. The third-order valence-electron chi connectivity index (χ3n) is 4.62. The molecule has 0 aromatic carbocycles. The average molecular weight is 594 g/mol. The summed E-state index contributed by atoms with van der Waals surface area (Å²) in [5.74, 6) is 0.0113. The molecule has 0 saturated heterocycles. The Hall–Kier alpha value is 1.00. The van der Waals surface area contributed by atoms with Crippen LogP contribution in [-0.2, 0) is 31.7 Å². The smallest absolute Gasteiger partial charge is 0.408 e. The molecule has 4 atom stereocenters. The summed E-state index contributed by atoms with van der Waals surface area (Å²) in [6.45, 7) is 10.3. The second-order valence-corrected chi connectivity index (χ2v) is 13.6. The summed E-state index contributed by atoms with van der Waals surface area (Å²) in [7, 11) is -8.00. The van der Waals surface area contributed by atoms with Crippen LogP contribution in [0, 0.1) is 0 Å². The molecule has 0 fully saturated rings. The van der Waals surface area contributed by atoms with Crippen molar-refractivity contribution in [3.8, 4) is 0 Å². The Morgan fingerprint density at radius 2 is 0.939 bits per heavy atom. The normalized spacial score (nSPS) is 20.2. The van der Waals surface area contributed by atoms with Crippen LogP contribution in [0.15, 0.2) is 11.1 Å². The van der Waals surface area contributed by atoms with Crippen molar-refractivity contribution in [3.63, 3.8) is 0 Å². The Morgan fingerprint density at radius 3 is 1.24 bits per heavy atom. The van der Waals surface area contributed by atoms with Gasteiger partial charge in [-0.1, -0.05) is 27.7 Å². The molecule has 0 saturated carbocycles. The zero-order valence-electron chi connectivity index (χ0n) is 20.2. The first-order valence-electron chi connectivity index (χ1n) is 11.1. The molecule has 7 nitrogen and oxygen atoms in total. The zero-order valence-corrected chi connectivity index (χ0v) is 25.0. The predicted molar refractivity (Wildman–Crippen MR) is 138 cm³/mol. The van der Waals surface area contributed by atoms with Gasteiger partial charge in [-0.05, 0) is 39.5 Å².